The number of benzene rings is 2. The van der Waals surface area contributed by atoms with E-state index < -0.39 is 0 Å². The van der Waals surface area contributed by atoms with Crippen molar-refractivity contribution < 1.29 is 0 Å². The van der Waals surface area contributed by atoms with E-state index in [1.54, 1.807) is 0 Å². The van der Waals surface area contributed by atoms with Gasteiger partial charge in [-0.15, -0.1) is 4.91 Å². The maximum Gasteiger partial charge on any atom is 0.121 e. The number of aliphatic imine (C=N–C) groups is 1. The van der Waals surface area contributed by atoms with Crippen LogP contribution >= 0.6 is 0 Å². The van der Waals surface area contributed by atoms with Crippen molar-refractivity contribution in [2.75, 3.05) is 5.01 Å². The molecule has 0 aliphatic carbocycles. The number of rotatable bonds is 1. The van der Waals surface area contributed by atoms with Gasteiger partial charge in [0.1, 0.15) is 6.34 Å². The summed E-state index contributed by atoms with van der Waals surface area (Å²) in [4.78, 5) is 14.8. The molecule has 0 aromatic heterocycles. The van der Waals surface area contributed by atoms with Gasteiger partial charge in [0.2, 0.25) is 0 Å². The molecule has 0 bridgehead atoms. The zero-order valence-corrected chi connectivity index (χ0v) is 7.79. The minimum absolute atomic E-state index is 0.785. The van der Waals surface area contributed by atoms with Gasteiger partial charge in [0.15, 0.2) is 0 Å². The van der Waals surface area contributed by atoms with Crippen LogP contribution in [-0.2, 0) is 0 Å². The van der Waals surface area contributed by atoms with E-state index in [9.17, 15) is 4.91 Å². The lowest BCUT2D eigenvalue weighted by Gasteiger charge is -2.17. The van der Waals surface area contributed by atoms with E-state index in [-0.39, 0.29) is 0 Å². The fourth-order valence-corrected chi connectivity index (χ4v) is 1.84. The lowest BCUT2D eigenvalue weighted by atomic mass is 10.1. The summed E-state index contributed by atoms with van der Waals surface area (Å²) in [5, 5.41) is 6.19. The van der Waals surface area contributed by atoms with E-state index in [4.69, 9.17) is 0 Å². The van der Waals surface area contributed by atoms with Crippen LogP contribution < -0.4 is 5.01 Å². The standard InChI is InChI=1S/C11H7N3O/c15-13-14-7-12-9-5-1-3-8-4-2-6-10(14)11(8)9/h1-7H. The van der Waals surface area contributed by atoms with Gasteiger partial charge < -0.3 is 0 Å². The van der Waals surface area contributed by atoms with Gasteiger partial charge in [-0.3, -0.25) is 0 Å². The Morgan fingerprint density at radius 1 is 1.13 bits per heavy atom. The van der Waals surface area contributed by atoms with Gasteiger partial charge in [-0.1, -0.05) is 24.3 Å². The van der Waals surface area contributed by atoms with Crippen LogP contribution in [0.5, 0.6) is 0 Å². The van der Waals surface area contributed by atoms with Gasteiger partial charge >= 0.3 is 0 Å². The Kier molecular flexibility index (Phi) is 1.56. The fraction of sp³-hybridized carbons (Fsp3) is 0. The molecule has 0 saturated carbocycles. The summed E-state index contributed by atoms with van der Waals surface area (Å²) < 4.78 is 0. The predicted molar refractivity (Wildman–Crippen MR) is 60.4 cm³/mol. The molecule has 0 fully saturated rings. The number of nitroso groups, excluding NO2 is 1. The first-order valence-corrected chi connectivity index (χ1v) is 4.58. The van der Waals surface area contributed by atoms with E-state index in [1.807, 2.05) is 36.4 Å². The molecule has 2 aromatic rings. The second-order valence-corrected chi connectivity index (χ2v) is 3.32. The zero-order chi connectivity index (χ0) is 10.3. The molecule has 4 heteroatoms. The summed E-state index contributed by atoms with van der Waals surface area (Å²) in [6.07, 6.45) is 1.43. The van der Waals surface area contributed by atoms with Crippen LogP contribution in [-0.4, -0.2) is 6.34 Å². The molecule has 0 atom stereocenters. The molecule has 0 unspecified atom stereocenters. The third-order valence-electron chi connectivity index (χ3n) is 2.50. The first kappa shape index (κ1) is 8.11. The Balaban J connectivity index is 2.46. The highest BCUT2D eigenvalue weighted by atomic mass is 16.3. The van der Waals surface area contributed by atoms with E-state index in [0.717, 1.165) is 22.1 Å². The number of hydrogen-bond acceptors (Lipinski definition) is 3. The normalized spacial score (nSPS) is 13.2. The van der Waals surface area contributed by atoms with Gasteiger partial charge in [0.05, 0.1) is 16.7 Å². The van der Waals surface area contributed by atoms with Crippen molar-refractivity contribution in [3.05, 3.63) is 41.3 Å². The van der Waals surface area contributed by atoms with Crippen LogP contribution in [0.1, 0.15) is 0 Å². The highest BCUT2D eigenvalue weighted by molar-refractivity contribution is 6.08. The van der Waals surface area contributed by atoms with Crippen molar-refractivity contribution in [3.63, 3.8) is 0 Å². The van der Waals surface area contributed by atoms with Gasteiger partial charge in [-0.25, -0.2) is 4.99 Å². The molecule has 0 amide bonds. The van der Waals surface area contributed by atoms with Crippen LogP contribution in [0, 0.1) is 4.91 Å². The molecule has 4 nitrogen and oxygen atoms in total. The third-order valence-corrected chi connectivity index (χ3v) is 2.50. The van der Waals surface area contributed by atoms with Gasteiger partial charge in [0.25, 0.3) is 0 Å². The van der Waals surface area contributed by atoms with E-state index in [2.05, 4.69) is 10.3 Å². The van der Waals surface area contributed by atoms with Crippen molar-refractivity contribution in [2.24, 2.45) is 10.3 Å². The molecule has 15 heavy (non-hydrogen) atoms. The van der Waals surface area contributed by atoms with Crippen molar-refractivity contribution in [3.8, 4) is 0 Å². The summed E-state index contributed by atoms with van der Waals surface area (Å²) in [7, 11) is 0. The molecule has 0 radical (unpaired) electrons. The predicted octanol–water partition coefficient (Wildman–Crippen LogP) is 3.00. The molecular weight excluding hydrogens is 190 g/mol. The molecule has 1 heterocycles. The van der Waals surface area contributed by atoms with Crippen LogP contribution in [0.2, 0.25) is 0 Å². The van der Waals surface area contributed by atoms with Gasteiger partial charge in [-0.05, 0) is 17.5 Å². The smallest absolute Gasteiger partial charge is 0.121 e. The zero-order valence-electron chi connectivity index (χ0n) is 7.79. The van der Waals surface area contributed by atoms with Gasteiger partial charge in [-0.2, -0.15) is 5.01 Å². The molecule has 1 aliphatic heterocycles. The Morgan fingerprint density at radius 3 is 2.73 bits per heavy atom. The molecule has 0 spiro atoms. The van der Waals surface area contributed by atoms with E-state index in [1.165, 1.54) is 11.3 Å². The average molecular weight is 197 g/mol. The molecule has 2 aromatic carbocycles. The number of nitrogens with zero attached hydrogens (tertiary/aromatic N) is 3. The summed E-state index contributed by atoms with van der Waals surface area (Å²) in [6.45, 7) is 0. The second-order valence-electron chi connectivity index (χ2n) is 3.32. The number of hydrogen-bond donors (Lipinski definition) is 0. The first-order valence-electron chi connectivity index (χ1n) is 4.58. The molecule has 0 N–H and O–H groups in total. The monoisotopic (exact) mass is 197 g/mol. The van der Waals surface area contributed by atoms with Crippen molar-refractivity contribution in [1.29, 1.82) is 0 Å². The lowest BCUT2D eigenvalue weighted by molar-refractivity contribution is 1.13. The summed E-state index contributed by atoms with van der Waals surface area (Å²) in [5.74, 6) is 0. The van der Waals surface area contributed by atoms with Crippen molar-refractivity contribution in [2.45, 2.75) is 0 Å². The highest BCUT2D eigenvalue weighted by Gasteiger charge is 2.15. The Bertz CT molecular complexity index is 572. The van der Waals surface area contributed by atoms with Crippen LogP contribution in [0.15, 0.2) is 46.7 Å². The Hall–Kier alpha value is -2.23. The van der Waals surface area contributed by atoms with Crippen LogP contribution in [0.4, 0.5) is 11.4 Å². The summed E-state index contributed by atoms with van der Waals surface area (Å²) >= 11 is 0. The van der Waals surface area contributed by atoms with Crippen LogP contribution in [0.25, 0.3) is 10.8 Å². The van der Waals surface area contributed by atoms with E-state index in [0.29, 0.717) is 0 Å². The Labute approximate surface area is 85.8 Å². The average Bonchev–Trinajstić information content (AvgIpc) is 2.30. The Morgan fingerprint density at radius 2 is 1.93 bits per heavy atom. The second kappa shape index (κ2) is 2.88. The van der Waals surface area contributed by atoms with Crippen LogP contribution in [0.3, 0.4) is 0 Å². The minimum Gasteiger partial charge on any atom is -0.236 e. The first-order chi connectivity index (χ1) is 7.40. The fourth-order valence-electron chi connectivity index (χ4n) is 1.84. The highest BCUT2D eigenvalue weighted by Crippen LogP contribution is 2.36. The molecule has 3 rings (SSSR count). The van der Waals surface area contributed by atoms with Crippen molar-refractivity contribution in [1.82, 2.24) is 0 Å². The third kappa shape index (κ3) is 1.05. The maximum atomic E-state index is 10.6. The maximum absolute atomic E-state index is 10.6. The summed E-state index contributed by atoms with van der Waals surface area (Å²) in [5.41, 5.74) is 1.66. The topological polar surface area (TPSA) is 45.0 Å². The van der Waals surface area contributed by atoms with Gasteiger partial charge in [0, 0.05) is 5.39 Å². The number of anilines is 1. The molecular formula is C11H7N3O. The minimum atomic E-state index is 0.785. The molecule has 1 aliphatic rings. The molecule has 72 valence electrons. The van der Waals surface area contributed by atoms with Crippen molar-refractivity contribution >= 4 is 28.5 Å². The van der Waals surface area contributed by atoms with E-state index >= 15 is 0 Å². The largest absolute Gasteiger partial charge is 0.236 e. The summed E-state index contributed by atoms with van der Waals surface area (Å²) in [6, 6.07) is 11.6. The SMILES string of the molecule is O=NN1C=Nc2cccc3cccc1c23. The lowest BCUT2D eigenvalue weighted by Crippen LogP contribution is -2.14. The quantitative estimate of drug-likeness (QED) is 0.659. The molecule has 0 saturated heterocycles.